The molecule has 1 heterocycles. The molecule has 78 valence electrons. The lowest BCUT2D eigenvalue weighted by Gasteiger charge is -1.96. The van der Waals surface area contributed by atoms with Crippen LogP contribution in [0.1, 0.15) is 22.2 Å². The predicted octanol–water partition coefficient (Wildman–Crippen LogP) is 3.32. The van der Waals surface area contributed by atoms with E-state index in [2.05, 4.69) is 42.6 Å². The minimum Gasteiger partial charge on any atom is -0.378 e. The lowest BCUT2D eigenvalue weighted by Crippen LogP contribution is -2.14. The van der Waals surface area contributed by atoms with E-state index in [0.29, 0.717) is 5.92 Å². The zero-order chi connectivity index (χ0) is 10.8. The third-order valence-corrected chi connectivity index (χ3v) is 4.06. The SMILES string of the molecule is CNC(=S)c1cc2c(s1)C=CC(C)C=C2. The molecule has 0 radical (unpaired) electrons. The fourth-order valence-electron chi connectivity index (χ4n) is 1.47. The maximum atomic E-state index is 5.22. The normalized spacial score (nSPS) is 18.4. The molecule has 15 heavy (non-hydrogen) atoms. The van der Waals surface area contributed by atoms with Crippen LogP contribution in [0.25, 0.3) is 12.2 Å². The molecule has 0 bridgehead atoms. The van der Waals surface area contributed by atoms with Gasteiger partial charge in [-0.25, -0.2) is 0 Å². The summed E-state index contributed by atoms with van der Waals surface area (Å²) < 4.78 is 0. The van der Waals surface area contributed by atoms with Crippen LogP contribution in [0.3, 0.4) is 0 Å². The molecule has 0 saturated heterocycles. The molecule has 1 aromatic rings. The number of thiophene rings is 1. The van der Waals surface area contributed by atoms with Gasteiger partial charge in [0, 0.05) is 11.9 Å². The summed E-state index contributed by atoms with van der Waals surface area (Å²) in [5.74, 6) is 0.518. The van der Waals surface area contributed by atoms with Gasteiger partial charge >= 0.3 is 0 Å². The maximum absolute atomic E-state index is 5.22. The molecule has 0 fully saturated rings. The molecule has 1 unspecified atom stereocenters. The Bertz CT molecular complexity index is 409. The number of hydrogen-bond acceptors (Lipinski definition) is 2. The molecule has 1 aliphatic rings. The molecule has 1 aliphatic carbocycles. The summed E-state index contributed by atoms with van der Waals surface area (Å²) in [6.45, 7) is 2.18. The van der Waals surface area contributed by atoms with Crippen molar-refractivity contribution < 1.29 is 0 Å². The van der Waals surface area contributed by atoms with Crippen molar-refractivity contribution in [2.45, 2.75) is 6.92 Å². The van der Waals surface area contributed by atoms with Crippen LogP contribution >= 0.6 is 23.6 Å². The second-order valence-electron chi connectivity index (χ2n) is 3.59. The van der Waals surface area contributed by atoms with Crippen LogP contribution in [0.4, 0.5) is 0 Å². The molecule has 0 aliphatic heterocycles. The van der Waals surface area contributed by atoms with Crippen molar-refractivity contribution in [2.75, 3.05) is 7.05 Å². The fraction of sp³-hybridized carbons (Fsp3) is 0.250. The first-order valence-electron chi connectivity index (χ1n) is 4.93. The van der Waals surface area contributed by atoms with Gasteiger partial charge in [0.05, 0.1) is 4.88 Å². The number of thiocarbonyl (C=S) groups is 1. The molecule has 0 aromatic carbocycles. The quantitative estimate of drug-likeness (QED) is 0.749. The van der Waals surface area contributed by atoms with E-state index in [-0.39, 0.29) is 0 Å². The predicted molar refractivity (Wildman–Crippen MR) is 72.3 cm³/mol. The van der Waals surface area contributed by atoms with Gasteiger partial charge in [0.1, 0.15) is 4.99 Å². The highest BCUT2D eigenvalue weighted by molar-refractivity contribution is 7.81. The van der Waals surface area contributed by atoms with Crippen molar-refractivity contribution >= 4 is 40.7 Å². The summed E-state index contributed by atoms with van der Waals surface area (Å²) in [5, 5.41) is 3.01. The number of nitrogens with one attached hydrogen (secondary N) is 1. The molecular formula is C12H13NS2. The lowest BCUT2D eigenvalue weighted by molar-refractivity contribution is 0.954. The van der Waals surface area contributed by atoms with E-state index in [1.54, 1.807) is 11.3 Å². The first-order chi connectivity index (χ1) is 7.20. The number of hydrogen-bond donors (Lipinski definition) is 1. The van der Waals surface area contributed by atoms with E-state index in [9.17, 15) is 0 Å². The standard InChI is InChI=1S/C12H13NS2/c1-8-3-5-9-7-11(12(14)13-2)15-10(9)6-4-8/h3-8H,1-2H3,(H,13,14). The number of rotatable bonds is 1. The zero-order valence-corrected chi connectivity index (χ0v) is 10.4. The fourth-order valence-corrected chi connectivity index (χ4v) is 2.67. The van der Waals surface area contributed by atoms with Crippen molar-refractivity contribution in [3.63, 3.8) is 0 Å². The molecule has 3 heteroatoms. The van der Waals surface area contributed by atoms with Crippen LogP contribution < -0.4 is 5.32 Å². The van der Waals surface area contributed by atoms with Crippen LogP contribution in [0, 0.1) is 5.92 Å². The Kier molecular flexibility index (Phi) is 3.03. The summed E-state index contributed by atoms with van der Waals surface area (Å²) in [5.41, 5.74) is 1.27. The monoisotopic (exact) mass is 235 g/mol. The average molecular weight is 235 g/mol. The number of fused-ring (bicyclic) bond motifs is 1. The van der Waals surface area contributed by atoms with Gasteiger partial charge in [-0.2, -0.15) is 0 Å². The van der Waals surface area contributed by atoms with Crippen LogP contribution in [0.5, 0.6) is 0 Å². The Balaban J connectivity index is 2.39. The number of allylic oxidation sites excluding steroid dienone is 2. The summed E-state index contributed by atoms with van der Waals surface area (Å²) in [4.78, 5) is 3.26. The van der Waals surface area contributed by atoms with Gasteiger partial charge in [-0.15, -0.1) is 11.3 Å². The van der Waals surface area contributed by atoms with Crippen LogP contribution in [0.2, 0.25) is 0 Å². The first-order valence-corrected chi connectivity index (χ1v) is 6.15. The van der Waals surface area contributed by atoms with Gasteiger partial charge < -0.3 is 5.32 Å². The maximum Gasteiger partial charge on any atom is 0.116 e. The van der Waals surface area contributed by atoms with Crippen molar-refractivity contribution in [3.05, 3.63) is 33.5 Å². The average Bonchev–Trinajstić information content (AvgIpc) is 2.58. The van der Waals surface area contributed by atoms with Gasteiger partial charge in [0.15, 0.2) is 0 Å². The zero-order valence-electron chi connectivity index (χ0n) is 8.78. The Morgan fingerprint density at radius 3 is 2.87 bits per heavy atom. The molecule has 0 spiro atoms. The van der Waals surface area contributed by atoms with E-state index in [4.69, 9.17) is 12.2 Å². The Morgan fingerprint density at radius 1 is 1.40 bits per heavy atom. The van der Waals surface area contributed by atoms with Gasteiger partial charge in [-0.1, -0.05) is 37.4 Å². The second-order valence-corrected chi connectivity index (χ2v) is 5.08. The molecule has 0 saturated carbocycles. The molecule has 1 N–H and O–H groups in total. The minimum absolute atomic E-state index is 0.518. The first kappa shape index (κ1) is 10.6. The Labute approximate surface area is 99.5 Å². The lowest BCUT2D eigenvalue weighted by atomic mass is 10.1. The van der Waals surface area contributed by atoms with Gasteiger partial charge in [0.2, 0.25) is 0 Å². The van der Waals surface area contributed by atoms with E-state index in [1.165, 1.54) is 10.4 Å². The smallest absolute Gasteiger partial charge is 0.116 e. The highest BCUT2D eigenvalue weighted by Crippen LogP contribution is 2.28. The molecule has 0 amide bonds. The van der Waals surface area contributed by atoms with Crippen LogP contribution in [-0.4, -0.2) is 12.0 Å². The van der Waals surface area contributed by atoms with E-state index in [0.717, 1.165) is 9.87 Å². The van der Waals surface area contributed by atoms with Gasteiger partial charge in [-0.3, -0.25) is 0 Å². The topological polar surface area (TPSA) is 12.0 Å². The summed E-state index contributed by atoms with van der Waals surface area (Å²) in [7, 11) is 1.86. The minimum atomic E-state index is 0.518. The van der Waals surface area contributed by atoms with Crippen molar-refractivity contribution in [1.82, 2.24) is 5.32 Å². The van der Waals surface area contributed by atoms with E-state index >= 15 is 0 Å². The Morgan fingerprint density at radius 2 is 2.13 bits per heavy atom. The van der Waals surface area contributed by atoms with Gasteiger partial charge in [0.25, 0.3) is 0 Å². The second kappa shape index (κ2) is 4.29. The Hall–Kier alpha value is -0.930. The molecule has 1 nitrogen and oxygen atoms in total. The highest BCUT2D eigenvalue weighted by atomic mass is 32.1. The third-order valence-electron chi connectivity index (χ3n) is 2.37. The van der Waals surface area contributed by atoms with Gasteiger partial charge in [-0.05, 0) is 23.6 Å². The summed E-state index contributed by atoms with van der Waals surface area (Å²) in [6, 6.07) is 2.15. The van der Waals surface area contributed by atoms with Crippen molar-refractivity contribution in [1.29, 1.82) is 0 Å². The third kappa shape index (κ3) is 2.19. The highest BCUT2D eigenvalue weighted by Gasteiger charge is 2.09. The molecule has 1 atom stereocenters. The van der Waals surface area contributed by atoms with E-state index in [1.807, 2.05) is 7.05 Å². The largest absolute Gasteiger partial charge is 0.378 e. The van der Waals surface area contributed by atoms with Crippen molar-refractivity contribution in [2.24, 2.45) is 5.92 Å². The molecule has 1 aromatic heterocycles. The van der Waals surface area contributed by atoms with Crippen LogP contribution in [0.15, 0.2) is 18.2 Å². The summed E-state index contributed by atoms with van der Waals surface area (Å²) >= 11 is 6.96. The molecule has 2 rings (SSSR count). The summed E-state index contributed by atoms with van der Waals surface area (Å²) in [6.07, 6.45) is 8.79. The van der Waals surface area contributed by atoms with Crippen molar-refractivity contribution in [3.8, 4) is 0 Å². The van der Waals surface area contributed by atoms with Crippen LogP contribution in [-0.2, 0) is 0 Å². The molecular weight excluding hydrogens is 222 g/mol. The van der Waals surface area contributed by atoms with E-state index < -0.39 is 0 Å².